The average molecular weight is 442 g/mol. The van der Waals surface area contributed by atoms with Gasteiger partial charge in [0.2, 0.25) is 0 Å². The summed E-state index contributed by atoms with van der Waals surface area (Å²) in [5, 5.41) is 0. The summed E-state index contributed by atoms with van der Waals surface area (Å²) in [5.74, 6) is -0.614. The van der Waals surface area contributed by atoms with Gasteiger partial charge in [-0.25, -0.2) is 9.37 Å². The van der Waals surface area contributed by atoms with Gasteiger partial charge < -0.3 is 9.80 Å². The van der Waals surface area contributed by atoms with Crippen LogP contribution in [0.25, 0.3) is 16.7 Å². The molecule has 1 aromatic heterocycles. The molecule has 0 bridgehead atoms. The van der Waals surface area contributed by atoms with Gasteiger partial charge in [0.15, 0.2) is 5.78 Å². The lowest BCUT2D eigenvalue weighted by atomic mass is 10.1. The minimum atomic E-state index is -0.412. The van der Waals surface area contributed by atoms with Gasteiger partial charge in [-0.1, -0.05) is 12.1 Å². The van der Waals surface area contributed by atoms with E-state index in [2.05, 4.69) is 4.98 Å². The minimum absolute atomic E-state index is 0.0379. The van der Waals surface area contributed by atoms with Crippen molar-refractivity contribution in [1.29, 1.82) is 0 Å². The van der Waals surface area contributed by atoms with Crippen molar-refractivity contribution in [2.75, 3.05) is 31.1 Å². The first-order valence-electron chi connectivity index (χ1n) is 10.9. The van der Waals surface area contributed by atoms with E-state index in [1.54, 1.807) is 23.4 Å². The number of fused-ring (bicyclic) bond motifs is 1. The van der Waals surface area contributed by atoms with Crippen molar-refractivity contribution < 1.29 is 14.0 Å². The number of amides is 1. The fourth-order valence-corrected chi connectivity index (χ4v) is 4.24. The van der Waals surface area contributed by atoms with E-state index in [0.29, 0.717) is 43.0 Å². The maximum Gasteiger partial charge on any atom is 0.253 e. The number of carbonyl (C=O) groups excluding carboxylic acids is 2. The molecule has 1 amide bonds. The van der Waals surface area contributed by atoms with Crippen LogP contribution in [0.3, 0.4) is 0 Å². The summed E-state index contributed by atoms with van der Waals surface area (Å²) in [5.41, 5.74) is 4.31. The first-order valence-corrected chi connectivity index (χ1v) is 10.9. The van der Waals surface area contributed by atoms with E-state index in [4.69, 9.17) is 0 Å². The van der Waals surface area contributed by atoms with Crippen LogP contribution in [0.5, 0.6) is 0 Å². The molecule has 1 fully saturated rings. The molecule has 6 nitrogen and oxygen atoms in total. The molecule has 33 heavy (non-hydrogen) atoms. The molecule has 7 heteroatoms. The molecule has 0 atom stereocenters. The van der Waals surface area contributed by atoms with Crippen LogP contribution in [0.1, 0.15) is 27.6 Å². The number of benzene rings is 3. The number of rotatable bonds is 4. The minimum Gasteiger partial charge on any atom is -0.366 e. The molecule has 0 radical (unpaired) electrons. The van der Waals surface area contributed by atoms with Gasteiger partial charge in [0.05, 0.1) is 16.7 Å². The highest BCUT2D eigenvalue weighted by molar-refractivity contribution is 5.95. The van der Waals surface area contributed by atoms with Crippen LogP contribution in [0, 0.1) is 5.82 Å². The quantitative estimate of drug-likeness (QED) is 0.442. The number of imidazole rings is 1. The van der Waals surface area contributed by atoms with Crippen LogP contribution in [0.15, 0.2) is 73.1 Å². The molecule has 3 aromatic carbocycles. The third-order valence-corrected chi connectivity index (χ3v) is 6.11. The number of aromatic nitrogens is 2. The molecule has 4 aromatic rings. The Morgan fingerprint density at radius 2 is 1.58 bits per heavy atom. The lowest BCUT2D eigenvalue weighted by Crippen LogP contribution is -2.49. The summed E-state index contributed by atoms with van der Waals surface area (Å²) in [6.07, 6.45) is 1.78. The van der Waals surface area contributed by atoms with E-state index in [0.717, 1.165) is 16.7 Å². The van der Waals surface area contributed by atoms with E-state index in [9.17, 15) is 14.0 Å². The number of piperazine rings is 1. The smallest absolute Gasteiger partial charge is 0.253 e. The van der Waals surface area contributed by atoms with Crippen molar-refractivity contribution in [3.63, 3.8) is 0 Å². The average Bonchev–Trinajstić information content (AvgIpc) is 3.28. The van der Waals surface area contributed by atoms with Crippen LogP contribution in [-0.2, 0) is 0 Å². The Morgan fingerprint density at radius 3 is 2.27 bits per heavy atom. The summed E-state index contributed by atoms with van der Waals surface area (Å²) >= 11 is 0. The number of hydrogen-bond acceptors (Lipinski definition) is 4. The zero-order valence-corrected chi connectivity index (χ0v) is 18.2. The molecule has 5 rings (SSSR count). The predicted octanol–water partition coefficient (Wildman–Crippen LogP) is 4.33. The van der Waals surface area contributed by atoms with Gasteiger partial charge in [-0.15, -0.1) is 0 Å². The fraction of sp³-hybridized carbons (Fsp3) is 0.192. The van der Waals surface area contributed by atoms with Gasteiger partial charge in [0, 0.05) is 43.0 Å². The maximum atomic E-state index is 14.5. The number of nitrogens with zero attached hydrogens (tertiary/aromatic N) is 4. The molecule has 0 saturated carbocycles. The number of Topliss-reactive ketones (excluding diaryl/α,β-unsaturated/α-hetero) is 1. The highest BCUT2D eigenvalue weighted by Crippen LogP contribution is 2.23. The molecule has 0 spiro atoms. The molecule has 1 aliphatic rings. The van der Waals surface area contributed by atoms with Gasteiger partial charge in [-0.05, 0) is 61.5 Å². The molecular formula is C26H23FN4O2. The second-order valence-corrected chi connectivity index (χ2v) is 8.15. The van der Waals surface area contributed by atoms with Crippen LogP contribution < -0.4 is 4.90 Å². The number of hydrogen-bond donors (Lipinski definition) is 0. The van der Waals surface area contributed by atoms with E-state index in [1.165, 1.54) is 13.0 Å². The lowest BCUT2D eigenvalue weighted by Gasteiger charge is -2.36. The second-order valence-electron chi connectivity index (χ2n) is 8.15. The Hall–Kier alpha value is -4.00. The lowest BCUT2D eigenvalue weighted by molar-refractivity contribution is 0.0746. The van der Waals surface area contributed by atoms with Crippen LogP contribution in [0.2, 0.25) is 0 Å². The summed E-state index contributed by atoms with van der Waals surface area (Å²) in [4.78, 5) is 32.6. The molecule has 1 saturated heterocycles. The number of anilines is 1. The molecular weight excluding hydrogens is 419 g/mol. The second kappa shape index (κ2) is 8.50. The molecule has 1 aliphatic heterocycles. The van der Waals surface area contributed by atoms with E-state index < -0.39 is 5.82 Å². The SMILES string of the molecule is CC(=O)c1ccc(N2CCN(C(=O)c3ccc(-n4cnc5ccccc54)cc3)CC2)c(F)c1. The van der Waals surface area contributed by atoms with Gasteiger partial charge >= 0.3 is 0 Å². The summed E-state index contributed by atoms with van der Waals surface area (Å²) < 4.78 is 16.5. The highest BCUT2D eigenvalue weighted by Gasteiger charge is 2.24. The zero-order valence-electron chi connectivity index (χ0n) is 18.2. The molecule has 2 heterocycles. The Labute approximate surface area is 190 Å². The Balaban J connectivity index is 1.26. The molecule has 0 unspecified atom stereocenters. The Morgan fingerprint density at radius 1 is 0.879 bits per heavy atom. The van der Waals surface area contributed by atoms with Crippen molar-refractivity contribution in [1.82, 2.24) is 14.5 Å². The van der Waals surface area contributed by atoms with Crippen LogP contribution >= 0.6 is 0 Å². The summed E-state index contributed by atoms with van der Waals surface area (Å²) in [7, 11) is 0. The topological polar surface area (TPSA) is 58.4 Å². The molecule has 0 N–H and O–H groups in total. The van der Waals surface area contributed by atoms with E-state index in [1.807, 2.05) is 58.0 Å². The highest BCUT2D eigenvalue weighted by atomic mass is 19.1. The number of ketones is 1. The summed E-state index contributed by atoms with van der Waals surface area (Å²) in [6, 6.07) is 20.0. The van der Waals surface area contributed by atoms with Crippen LogP contribution in [-0.4, -0.2) is 52.3 Å². The molecule has 0 aliphatic carbocycles. The maximum absolute atomic E-state index is 14.5. The first kappa shape index (κ1) is 20.9. The summed E-state index contributed by atoms with van der Waals surface area (Å²) in [6.45, 7) is 3.48. The van der Waals surface area contributed by atoms with E-state index in [-0.39, 0.29) is 11.7 Å². The predicted molar refractivity (Wildman–Crippen MR) is 126 cm³/mol. The normalized spacial score (nSPS) is 14.0. The largest absolute Gasteiger partial charge is 0.366 e. The van der Waals surface area contributed by atoms with Crippen molar-refractivity contribution >= 4 is 28.4 Å². The standard InChI is InChI=1S/C26H23FN4O2/c1-18(32)20-8-11-24(22(27)16-20)29-12-14-30(15-13-29)26(33)19-6-9-21(10-7-19)31-17-28-23-4-2-3-5-25(23)31/h2-11,16-17H,12-15H2,1H3. The Bertz CT molecular complexity index is 1340. The third-order valence-electron chi connectivity index (χ3n) is 6.11. The van der Waals surface area contributed by atoms with Crippen molar-refractivity contribution in [2.24, 2.45) is 0 Å². The van der Waals surface area contributed by atoms with E-state index >= 15 is 0 Å². The van der Waals surface area contributed by atoms with Crippen LogP contribution in [0.4, 0.5) is 10.1 Å². The number of para-hydroxylation sites is 2. The van der Waals surface area contributed by atoms with Crippen molar-refractivity contribution in [3.8, 4) is 5.69 Å². The number of carbonyl (C=O) groups is 2. The zero-order chi connectivity index (χ0) is 22.9. The van der Waals surface area contributed by atoms with Crippen molar-refractivity contribution in [2.45, 2.75) is 6.92 Å². The van der Waals surface area contributed by atoms with Gasteiger partial charge in [0.25, 0.3) is 5.91 Å². The third kappa shape index (κ3) is 3.98. The Kier molecular flexibility index (Phi) is 5.38. The first-order chi connectivity index (χ1) is 16.0. The van der Waals surface area contributed by atoms with Gasteiger partial charge in [0.1, 0.15) is 12.1 Å². The van der Waals surface area contributed by atoms with Crippen molar-refractivity contribution in [3.05, 3.63) is 90.0 Å². The van der Waals surface area contributed by atoms with Gasteiger partial charge in [-0.2, -0.15) is 0 Å². The van der Waals surface area contributed by atoms with Gasteiger partial charge in [-0.3, -0.25) is 14.2 Å². The number of halogens is 1. The molecule has 166 valence electrons. The monoisotopic (exact) mass is 442 g/mol. The fourth-order valence-electron chi connectivity index (χ4n) is 4.24.